The van der Waals surface area contributed by atoms with Crippen molar-refractivity contribution >= 4 is 49.8 Å². The topological polar surface area (TPSA) is 85.2 Å². The van der Waals surface area contributed by atoms with Crippen molar-refractivity contribution in [2.45, 2.75) is 44.4 Å². The van der Waals surface area contributed by atoms with E-state index in [1.165, 1.54) is 10.6 Å². The molecule has 0 spiro atoms. The number of nitrogens with one attached hydrogen (secondary N) is 1. The number of nitrogens with zero attached hydrogens (tertiary/aromatic N) is 1. The molecule has 2 aromatic carbocycles. The normalized spacial score (nSPS) is 16.1. The van der Waals surface area contributed by atoms with E-state index >= 15 is 0 Å². The molecule has 1 fully saturated rings. The number of hydrogen-bond donors (Lipinski definition) is 1. The van der Waals surface area contributed by atoms with Gasteiger partial charge in [0.05, 0.1) is 11.8 Å². The molecule has 0 unspecified atom stereocenters. The molecule has 2 aliphatic rings. The summed E-state index contributed by atoms with van der Waals surface area (Å²) in [6.45, 7) is 1.67. The van der Waals surface area contributed by atoms with E-state index in [1.54, 1.807) is 12.1 Å². The fraction of sp³-hybridized carbons (Fsp3) is 0.259. The van der Waals surface area contributed by atoms with E-state index in [0.29, 0.717) is 35.2 Å². The second kappa shape index (κ2) is 9.54. The van der Waals surface area contributed by atoms with Crippen molar-refractivity contribution in [1.82, 2.24) is 9.29 Å². The van der Waals surface area contributed by atoms with Crippen LogP contribution in [0.25, 0.3) is 16.5 Å². The molecule has 1 heterocycles. The SMILES string of the molecule is CCc1ccc2c(c1)c(C1=CC(Cl)=CCC1=O)c(C(=O)NS(=O)(=O)C1CC1)n2Cc1cc(F)ccc1F. The van der Waals surface area contributed by atoms with E-state index in [0.717, 1.165) is 23.8 Å². The van der Waals surface area contributed by atoms with Gasteiger partial charge in [-0.1, -0.05) is 30.7 Å². The van der Waals surface area contributed by atoms with Gasteiger partial charge in [0.15, 0.2) is 5.78 Å². The highest BCUT2D eigenvalue weighted by Crippen LogP contribution is 2.37. The van der Waals surface area contributed by atoms with Crippen LogP contribution in [0.1, 0.15) is 53.4 Å². The Bertz CT molecular complexity index is 1640. The van der Waals surface area contributed by atoms with E-state index in [4.69, 9.17) is 11.6 Å². The Labute approximate surface area is 217 Å². The summed E-state index contributed by atoms with van der Waals surface area (Å²) < 4.78 is 57.7. The number of sulfonamides is 1. The number of ketones is 1. The predicted molar refractivity (Wildman–Crippen MR) is 138 cm³/mol. The van der Waals surface area contributed by atoms with Crippen molar-refractivity contribution in [3.8, 4) is 0 Å². The van der Waals surface area contributed by atoms with Gasteiger partial charge >= 0.3 is 0 Å². The van der Waals surface area contributed by atoms with Crippen molar-refractivity contribution < 1.29 is 26.8 Å². The van der Waals surface area contributed by atoms with Crippen molar-refractivity contribution in [3.05, 3.63) is 87.6 Å². The fourth-order valence-electron chi connectivity index (χ4n) is 4.56. The monoisotopic (exact) mass is 544 g/mol. The zero-order valence-corrected chi connectivity index (χ0v) is 21.4. The number of benzene rings is 2. The molecule has 0 saturated heterocycles. The Hall–Kier alpha value is -3.30. The largest absolute Gasteiger partial charge is 0.331 e. The second-order valence-electron chi connectivity index (χ2n) is 9.20. The number of amides is 1. The first-order chi connectivity index (χ1) is 17.6. The minimum absolute atomic E-state index is 0.00473. The summed E-state index contributed by atoms with van der Waals surface area (Å²) in [6.07, 6.45) is 4.53. The van der Waals surface area contributed by atoms with Gasteiger partial charge in [-0.25, -0.2) is 21.9 Å². The number of carbonyl (C=O) groups is 2. The molecule has 1 N–H and O–H groups in total. The third-order valence-electron chi connectivity index (χ3n) is 6.62. The Balaban J connectivity index is 1.81. The zero-order valence-electron chi connectivity index (χ0n) is 19.9. The Kier molecular flexibility index (Phi) is 6.53. The number of carbonyl (C=O) groups excluding carboxylic acids is 2. The van der Waals surface area contributed by atoms with Crippen LogP contribution in [0.15, 0.2) is 53.6 Å². The maximum atomic E-state index is 14.7. The average Bonchev–Trinajstić information content (AvgIpc) is 3.67. The van der Waals surface area contributed by atoms with Crippen molar-refractivity contribution in [2.75, 3.05) is 0 Å². The highest BCUT2D eigenvalue weighted by Gasteiger charge is 2.39. The molecule has 5 rings (SSSR count). The summed E-state index contributed by atoms with van der Waals surface area (Å²) in [4.78, 5) is 26.7. The second-order valence-corrected chi connectivity index (χ2v) is 11.6. The van der Waals surface area contributed by atoms with Gasteiger partial charge < -0.3 is 4.57 Å². The summed E-state index contributed by atoms with van der Waals surface area (Å²) >= 11 is 6.24. The van der Waals surface area contributed by atoms with E-state index in [9.17, 15) is 26.8 Å². The summed E-state index contributed by atoms with van der Waals surface area (Å²) in [5.74, 6) is -2.61. The van der Waals surface area contributed by atoms with Gasteiger partial charge in [-0.2, -0.15) is 0 Å². The van der Waals surface area contributed by atoms with Crippen LogP contribution >= 0.6 is 11.6 Å². The number of allylic oxidation sites excluding steroid dienone is 4. The third-order valence-corrected chi connectivity index (χ3v) is 8.70. The third kappa shape index (κ3) is 4.85. The van der Waals surface area contributed by atoms with Gasteiger partial charge in [0, 0.05) is 39.1 Å². The zero-order chi connectivity index (χ0) is 26.5. The molecule has 3 aromatic rings. The van der Waals surface area contributed by atoms with Crippen LogP contribution in [0.3, 0.4) is 0 Å². The molecule has 192 valence electrons. The molecule has 1 amide bonds. The molecule has 0 bridgehead atoms. The lowest BCUT2D eigenvalue weighted by Crippen LogP contribution is -2.35. The molecule has 1 aromatic heterocycles. The number of rotatable bonds is 7. The number of hydrogen-bond acceptors (Lipinski definition) is 4. The number of Topliss-reactive ketones (excluding diaryl/α,β-unsaturated/α-hetero) is 1. The Morgan fingerprint density at radius 1 is 1.16 bits per heavy atom. The molecule has 0 aliphatic heterocycles. The first-order valence-corrected chi connectivity index (χ1v) is 13.8. The highest BCUT2D eigenvalue weighted by atomic mass is 35.5. The molecule has 2 aliphatic carbocycles. The Morgan fingerprint density at radius 2 is 1.92 bits per heavy atom. The van der Waals surface area contributed by atoms with Crippen LogP contribution in [0, 0.1) is 11.6 Å². The van der Waals surface area contributed by atoms with E-state index in [2.05, 4.69) is 4.72 Å². The number of aromatic nitrogens is 1. The summed E-state index contributed by atoms with van der Waals surface area (Å²) in [7, 11) is -3.95. The smallest absolute Gasteiger partial charge is 0.282 e. The van der Waals surface area contributed by atoms with Gasteiger partial charge in [-0.05, 0) is 61.2 Å². The predicted octanol–water partition coefficient (Wildman–Crippen LogP) is 5.23. The molecule has 37 heavy (non-hydrogen) atoms. The van der Waals surface area contributed by atoms with Crippen molar-refractivity contribution in [2.24, 2.45) is 0 Å². The van der Waals surface area contributed by atoms with Gasteiger partial charge in [0.25, 0.3) is 5.91 Å². The number of fused-ring (bicyclic) bond motifs is 1. The highest BCUT2D eigenvalue weighted by molar-refractivity contribution is 7.91. The van der Waals surface area contributed by atoms with Crippen LogP contribution in [0.2, 0.25) is 0 Å². The maximum Gasteiger partial charge on any atom is 0.282 e. The molecule has 10 heteroatoms. The first kappa shape index (κ1) is 25.4. The van der Waals surface area contributed by atoms with E-state index in [-0.39, 0.29) is 41.1 Å². The average molecular weight is 545 g/mol. The minimum Gasteiger partial charge on any atom is -0.331 e. The summed E-state index contributed by atoms with van der Waals surface area (Å²) in [5, 5.41) is 0.143. The molecular formula is C27H23ClF2N2O4S. The van der Waals surface area contributed by atoms with Gasteiger partial charge in [0.2, 0.25) is 10.0 Å². The maximum absolute atomic E-state index is 14.7. The number of halogens is 3. The fourth-order valence-corrected chi connectivity index (χ4v) is 6.02. The van der Waals surface area contributed by atoms with Crippen LogP contribution in [0.5, 0.6) is 0 Å². The van der Waals surface area contributed by atoms with Crippen LogP contribution in [-0.2, 0) is 27.8 Å². The van der Waals surface area contributed by atoms with Crippen molar-refractivity contribution in [3.63, 3.8) is 0 Å². The van der Waals surface area contributed by atoms with Crippen molar-refractivity contribution in [1.29, 1.82) is 0 Å². The van der Waals surface area contributed by atoms with Gasteiger partial charge in [0.1, 0.15) is 17.3 Å². The summed E-state index contributed by atoms with van der Waals surface area (Å²) in [6, 6.07) is 8.37. The lowest BCUT2D eigenvalue weighted by molar-refractivity contribution is -0.113. The summed E-state index contributed by atoms with van der Waals surface area (Å²) in [5.41, 5.74) is 1.56. The molecule has 0 radical (unpaired) electrons. The van der Waals surface area contributed by atoms with Gasteiger partial charge in [-0.15, -0.1) is 0 Å². The first-order valence-electron chi connectivity index (χ1n) is 11.8. The molecule has 6 nitrogen and oxygen atoms in total. The number of aryl methyl sites for hydroxylation is 1. The Morgan fingerprint density at radius 3 is 2.62 bits per heavy atom. The van der Waals surface area contributed by atoms with Crippen LogP contribution in [0.4, 0.5) is 8.78 Å². The lowest BCUT2D eigenvalue weighted by Gasteiger charge is -2.15. The molecular weight excluding hydrogens is 522 g/mol. The minimum atomic E-state index is -3.95. The lowest BCUT2D eigenvalue weighted by atomic mass is 9.92. The standard InChI is InChI=1S/C27H23ClF2N2O4S/c1-2-15-3-9-23-20(11-15)25(21-13-17(28)4-10-24(21)33)26(27(34)31-37(35,36)19-6-7-19)32(23)14-16-12-18(29)5-8-22(16)30/h3-5,8-9,11-13,19H,2,6-7,10,14H2,1H3,(H,31,34). The quantitative estimate of drug-likeness (QED) is 0.441. The van der Waals surface area contributed by atoms with Gasteiger partial charge in [-0.3, -0.25) is 9.59 Å². The van der Waals surface area contributed by atoms with Crippen LogP contribution < -0.4 is 4.72 Å². The molecule has 1 saturated carbocycles. The van der Waals surface area contributed by atoms with Crippen LogP contribution in [-0.4, -0.2) is 29.9 Å². The van der Waals surface area contributed by atoms with E-state index in [1.807, 2.05) is 19.1 Å². The van der Waals surface area contributed by atoms with E-state index < -0.39 is 32.8 Å². The molecule has 0 atom stereocenters.